The summed E-state index contributed by atoms with van der Waals surface area (Å²) in [5.41, 5.74) is 2.11. The summed E-state index contributed by atoms with van der Waals surface area (Å²) in [6.45, 7) is 5.18. The van der Waals surface area contributed by atoms with E-state index in [1.165, 1.54) is 25.8 Å². The van der Waals surface area contributed by atoms with Gasteiger partial charge in [0.1, 0.15) is 0 Å². The van der Waals surface area contributed by atoms with Crippen molar-refractivity contribution < 1.29 is 4.79 Å². The maximum atomic E-state index is 12.5. The molecule has 0 saturated carbocycles. The van der Waals surface area contributed by atoms with E-state index in [4.69, 9.17) is 11.6 Å². The number of halogens is 1. The number of piperidine rings is 1. The van der Waals surface area contributed by atoms with Crippen molar-refractivity contribution >= 4 is 23.2 Å². The third kappa shape index (κ3) is 4.60. The summed E-state index contributed by atoms with van der Waals surface area (Å²) in [5.74, 6) is 0.622. The Bertz CT molecular complexity index is 1000. The molecule has 0 radical (unpaired) electrons. The van der Waals surface area contributed by atoms with Crippen molar-refractivity contribution in [1.29, 1.82) is 0 Å². The van der Waals surface area contributed by atoms with Crippen LogP contribution in [-0.4, -0.2) is 51.1 Å². The third-order valence-electron chi connectivity index (χ3n) is 5.60. The second-order valence-electron chi connectivity index (χ2n) is 7.67. The van der Waals surface area contributed by atoms with Crippen molar-refractivity contribution in [1.82, 2.24) is 24.8 Å². The van der Waals surface area contributed by atoms with E-state index in [1.54, 1.807) is 12.1 Å². The fourth-order valence-corrected chi connectivity index (χ4v) is 4.12. The van der Waals surface area contributed by atoms with Crippen LogP contribution in [0, 0.1) is 0 Å². The first kappa shape index (κ1) is 19.9. The van der Waals surface area contributed by atoms with Gasteiger partial charge in [-0.2, -0.15) is 0 Å². The first-order valence-corrected chi connectivity index (χ1v) is 10.6. The molecule has 0 bridgehead atoms. The molecule has 1 N–H and O–H groups in total. The summed E-state index contributed by atoms with van der Waals surface area (Å²) in [7, 11) is 0. The highest BCUT2D eigenvalue weighted by atomic mass is 35.5. The Morgan fingerprint density at radius 2 is 2.14 bits per heavy atom. The van der Waals surface area contributed by atoms with E-state index in [0.717, 1.165) is 18.5 Å². The molecule has 0 aliphatic carbocycles. The number of nitrogens with one attached hydrogen (secondary N) is 1. The predicted molar refractivity (Wildman–Crippen MR) is 115 cm³/mol. The van der Waals surface area contributed by atoms with E-state index in [1.807, 2.05) is 34.9 Å². The quantitative estimate of drug-likeness (QED) is 0.622. The number of benzene rings is 1. The van der Waals surface area contributed by atoms with E-state index in [9.17, 15) is 4.79 Å². The minimum atomic E-state index is -0.0773. The number of fused-ring (bicyclic) bond motifs is 1. The van der Waals surface area contributed by atoms with Gasteiger partial charge in [-0.3, -0.25) is 9.20 Å². The summed E-state index contributed by atoms with van der Waals surface area (Å²) in [6.07, 6.45) is 6.69. The molecule has 3 aromatic rings. The SMILES string of the molecule is C[C@H]1CCCCN1CCCNC(=O)c1ccn2c(-c3cccc(Cl)c3)nnc2c1. The van der Waals surface area contributed by atoms with Gasteiger partial charge in [0.15, 0.2) is 11.5 Å². The van der Waals surface area contributed by atoms with Crippen LogP contribution >= 0.6 is 11.6 Å². The van der Waals surface area contributed by atoms with Crippen molar-refractivity contribution in [3.8, 4) is 11.4 Å². The first-order valence-electron chi connectivity index (χ1n) is 10.2. The topological polar surface area (TPSA) is 62.5 Å². The van der Waals surface area contributed by atoms with Gasteiger partial charge in [0.05, 0.1) is 0 Å². The lowest BCUT2D eigenvalue weighted by molar-refractivity contribution is 0.0949. The molecule has 1 fully saturated rings. The number of aromatic nitrogens is 3. The highest BCUT2D eigenvalue weighted by Gasteiger charge is 2.17. The second-order valence-corrected chi connectivity index (χ2v) is 8.10. The summed E-state index contributed by atoms with van der Waals surface area (Å²) in [4.78, 5) is 15.0. The van der Waals surface area contributed by atoms with E-state index in [0.29, 0.717) is 34.6 Å². The Morgan fingerprint density at radius 1 is 1.24 bits per heavy atom. The Kier molecular flexibility index (Phi) is 6.11. The number of amides is 1. The fraction of sp³-hybridized carbons (Fsp3) is 0.409. The molecular weight excluding hydrogens is 386 g/mol. The van der Waals surface area contributed by atoms with Crippen molar-refractivity contribution in [3.05, 3.63) is 53.2 Å². The van der Waals surface area contributed by atoms with E-state index < -0.39 is 0 Å². The lowest BCUT2D eigenvalue weighted by Gasteiger charge is -2.33. The molecule has 2 aromatic heterocycles. The van der Waals surface area contributed by atoms with Crippen LogP contribution in [0.5, 0.6) is 0 Å². The Labute approximate surface area is 175 Å². The number of hydrogen-bond donors (Lipinski definition) is 1. The van der Waals surface area contributed by atoms with Gasteiger partial charge < -0.3 is 10.2 Å². The Balaban J connectivity index is 1.37. The number of hydrogen-bond acceptors (Lipinski definition) is 4. The van der Waals surface area contributed by atoms with Crippen LogP contribution in [0.15, 0.2) is 42.6 Å². The van der Waals surface area contributed by atoms with Gasteiger partial charge >= 0.3 is 0 Å². The van der Waals surface area contributed by atoms with E-state index in [2.05, 4.69) is 27.3 Å². The van der Waals surface area contributed by atoms with Crippen molar-refractivity contribution in [2.24, 2.45) is 0 Å². The number of pyridine rings is 1. The fourth-order valence-electron chi connectivity index (χ4n) is 3.93. The van der Waals surface area contributed by atoms with Crippen molar-refractivity contribution in [2.45, 2.75) is 38.6 Å². The zero-order chi connectivity index (χ0) is 20.2. The summed E-state index contributed by atoms with van der Waals surface area (Å²) in [5, 5.41) is 12.1. The van der Waals surface area contributed by atoms with Gasteiger partial charge in [0.2, 0.25) is 0 Å². The van der Waals surface area contributed by atoms with E-state index >= 15 is 0 Å². The van der Waals surface area contributed by atoms with Gasteiger partial charge in [-0.1, -0.05) is 30.2 Å². The van der Waals surface area contributed by atoms with Crippen LogP contribution in [-0.2, 0) is 0 Å². The van der Waals surface area contributed by atoms with E-state index in [-0.39, 0.29) is 5.91 Å². The largest absolute Gasteiger partial charge is 0.352 e. The third-order valence-corrected chi connectivity index (χ3v) is 5.84. The molecule has 1 aromatic carbocycles. The number of rotatable bonds is 6. The minimum absolute atomic E-state index is 0.0773. The average Bonchev–Trinajstić information content (AvgIpc) is 3.15. The maximum absolute atomic E-state index is 12.5. The lowest BCUT2D eigenvalue weighted by Crippen LogP contribution is -2.39. The molecule has 1 atom stereocenters. The Morgan fingerprint density at radius 3 is 2.97 bits per heavy atom. The van der Waals surface area contributed by atoms with Crippen LogP contribution < -0.4 is 5.32 Å². The molecule has 29 heavy (non-hydrogen) atoms. The molecule has 7 heteroatoms. The number of nitrogens with zero attached hydrogens (tertiary/aromatic N) is 4. The van der Waals surface area contributed by atoms with Crippen LogP contribution in [0.25, 0.3) is 17.0 Å². The zero-order valence-corrected chi connectivity index (χ0v) is 17.4. The molecule has 1 saturated heterocycles. The number of likely N-dealkylation sites (tertiary alicyclic amines) is 1. The number of carbonyl (C=O) groups is 1. The summed E-state index contributed by atoms with van der Waals surface area (Å²) < 4.78 is 1.86. The highest BCUT2D eigenvalue weighted by Crippen LogP contribution is 2.22. The van der Waals surface area contributed by atoms with Crippen LogP contribution in [0.3, 0.4) is 0 Å². The van der Waals surface area contributed by atoms with Gasteiger partial charge in [0.25, 0.3) is 5.91 Å². The Hall–Kier alpha value is -2.44. The molecule has 1 aliphatic heterocycles. The summed E-state index contributed by atoms with van der Waals surface area (Å²) in [6, 6.07) is 11.7. The standard InChI is InChI=1S/C22H26ClN5O/c1-16-6-2-3-11-27(16)12-5-10-24-22(29)18-9-13-28-20(15-18)25-26-21(28)17-7-4-8-19(23)14-17/h4,7-9,13-16H,2-3,5-6,10-12H2,1H3,(H,24,29)/t16-/m0/s1. The molecule has 1 aliphatic rings. The highest BCUT2D eigenvalue weighted by molar-refractivity contribution is 6.30. The summed E-state index contributed by atoms with van der Waals surface area (Å²) >= 11 is 6.08. The predicted octanol–water partition coefficient (Wildman–Crippen LogP) is 4.04. The zero-order valence-electron chi connectivity index (χ0n) is 16.6. The molecule has 6 nitrogen and oxygen atoms in total. The molecule has 0 unspecified atom stereocenters. The van der Waals surface area contributed by atoms with Crippen LogP contribution in [0.4, 0.5) is 0 Å². The number of carbonyl (C=O) groups excluding carboxylic acids is 1. The van der Waals surface area contributed by atoms with Gasteiger partial charge in [-0.15, -0.1) is 10.2 Å². The van der Waals surface area contributed by atoms with Gasteiger partial charge in [-0.05, 0) is 57.0 Å². The maximum Gasteiger partial charge on any atom is 0.251 e. The monoisotopic (exact) mass is 411 g/mol. The average molecular weight is 412 g/mol. The molecule has 3 heterocycles. The molecule has 0 spiro atoms. The lowest BCUT2D eigenvalue weighted by atomic mass is 10.0. The molecular formula is C22H26ClN5O. The molecule has 4 rings (SSSR count). The van der Waals surface area contributed by atoms with Crippen LogP contribution in [0.2, 0.25) is 5.02 Å². The normalized spacial score (nSPS) is 17.5. The minimum Gasteiger partial charge on any atom is -0.352 e. The van der Waals surface area contributed by atoms with Gasteiger partial charge in [0, 0.05) is 41.5 Å². The van der Waals surface area contributed by atoms with Gasteiger partial charge in [-0.25, -0.2) is 0 Å². The van der Waals surface area contributed by atoms with Crippen LogP contribution in [0.1, 0.15) is 43.0 Å². The molecule has 1 amide bonds. The second kappa shape index (κ2) is 8.93. The molecule has 152 valence electrons. The first-order chi connectivity index (χ1) is 14.1. The van der Waals surface area contributed by atoms with Crippen molar-refractivity contribution in [2.75, 3.05) is 19.6 Å². The smallest absolute Gasteiger partial charge is 0.251 e. The van der Waals surface area contributed by atoms with Crippen molar-refractivity contribution in [3.63, 3.8) is 0 Å².